The van der Waals surface area contributed by atoms with Gasteiger partial charge in [0.1, 0.15) is 17.4 Å². The van der Waals surface area contributed by atoms with Crippen LogP contribution in [0.15, 0.2) is 28.8 Å². The van der Waals surface area contributed by atoms with Gasteiger partial charge >= 0.3 is 0 Å². The number of benzene rings is 1. The average molecular weight is 343 g/mol. The van der Waals surface area contributed by atoms with Gasteiger partial charge in [-0.3, -0.25) is 10.1 Å². The number of carbonyl (C=O) groups excluding carboxylic acids is 1. The van der Waals surface area contributed by atoms with Gasteiger partial charge in [-0.15, -0.1) is 5.10 Å². The smallest absolute Gasteiger partial charge is 0.280 e. The predicted octanol–water partition coefficient (Wildman–Crippen LogP) is 3.39. The van der Waals surface area contributed by atoms with Crippen LogP contribution in [0.5, 0.6) is 0 Å². The molecule has 0 radical (unpaired) electrons. The minimum Gasteiger partial charge on any atom is -0.360 e. The topological polar surface area (TPSA) is 85.8 Å². The molecule has 1 amide bonds. The number of carbonyl (C=O) groups is 1. The molecule has 0 saturated heterocycles. The number of nitrogens with one attached hydrogen (secondary N) is 1. The maximum absolute atomic E-state index is 13.3. The Bertz CT molecular complexity index is 929. The molecule has 2 heterocycles. The Morgan fingerprint density at radius 1 is 1.28 bits per heavy atom. The number of aromatic nitrogens is 4. The van der Waals surface area contributed by atoms with Gasteiger partial charge in [-0.1, -0.05) is 19.0 Å². The number of amides is 1. The largest absolute Gasteiger partial charge is 0.360 e. The van der Waals surface area contributed by atoms with Crippen molar-refractivity contribution in [2.75, 3.05) is 5.32 Å². The van der Waals surface area contributed by atoms with E-state index in [1.54, 1.807) is 26.0 Å². The minimum absolute atomic E-state index is 0.127. The molecule has 1 aromatic carbocycles. The molecule has 3 aromatic rings. The Kier molecular flexibility index (Phi) is 4.35. The lowest BCUT2D eigenvalue weighted by molar-refractivity contribution is 0.101. The third-order valence-electron chi connectivity index (χ3n) is 3.66. The monoisotopic (exact) mass is 343 g/mol. The third kappa shape index (κ3) is 3.42. The molecular formula is C17H18FN5O2. The lowest BCUT2D eigenvalue weighted by atomic mass is 10.1. The van der Waals surface area contributed by atoms with Gasteiger partial charge in [0.2, 0.25) is 5.95 Å². The number of aryl methyl sites for hydroxylation is 2. The molecule has 0 saturated carbocycles. The molecule has 0 aliphatic rings. The van der Waals surface area contributed by atoms with Gasteiger partial charge in [0.25, 0.3) is 5.91 Å². The molecule has 0 fully saturated rings. The van der Waals surface area contributed by atoms with E-state index in [1.165, 1.54) is 16.8 Å². The van der Waals surface area contributed by atoms with Gasteiger partial charge in [-0.2, -0.15) is 9.67 Å². The molecule has 0 aliphatic carbocycles. The number of halogens is 1. The Hall–Kier alpha value is -3.03. The Balaban J connectivity index is 1.91. The lowest BCUT2D eigenvalue weighted by Gasteiger charge is -2.09. The fourth-order valence-electron chi connectivity index (χ4n) is 2.35. The van der Waals surface area contributed by atoms with Crippen molar-refractivity contribution in [2.45, 2.75) is 33.6 Å². The second-order valence-corrected chi connectivity index (χ2v) is 6.05. The maximum Gasteiger partial charge on any atom is 0.280 e. The van der Waals surface area contributed by atoms with E-state index in [9.17, 15) is 9.18 Å². The first-order chi connectivity index (χ1) is 11.8. The molecule has 0 aliphatic heterocycles. The van der Waals surface area contributed by atoms with E-state index >= 15 is 0 Å². The lowest BCUT2D eigenvalue weighted by Crippen LogP contribution is -2.16. The van der Waals surface area contributed by atoms with Crippen molar-refractivity contribution >= 4 is 11.9 Å². The summed E-state index contributed by atoms with van der Waals surface area (Å²) >= 11 is 0. The zero-order valence-electron chi connectivity index (χ0n) is 14.4. The quantitative estimate of drug-likeness (QED) is 0.785. The number of hydrogen-bond donors (Lipinski definition) is 1. The first-order valence-electron chi connectivity index (χ1n) is 7.83. The van der Waals surface area contributed by atoms with E-state index in [4.69, 9.17) is 4.52 Å². The second-order valence-electron chi connectivity index (χ2n) is 6.05. The van der Waals surface area contributed by atoms with Crippen LogP contribution in [0.4, 0.5) is 10.3 Å². The van der Waals surface area contributed by atoms with Crippen LogP contribution in [0.25, 0.3) is 5.69 Å². The summed E-state index contributed by atoms with van der Waals surface area (Å²) in [5.41, 5.74) is 1.45. The molecule has 130 valence electrons. The summed E-state index contributed by atoms with van der Waals surface area (Å²) in [4.78, 5) is 16.6. The fourth-order valence-corrected chi connectivity index (χ4v) is 2.35. The molecule has 0 atom stereocenters. The van der Waals surface area contributed by atoms with E-state index in [2.05, 4.69) is 20.6 Å². The Labute approximate surface area is 143 Å². The van der Waals surface area contributed by atoms with Crippen molar-refractivity contribution in [3.63, 3.8) is 0 Å². The summed E-state index contributed by atoms with van der Waals surface area (Å²) in [6.45, 7) is 7.35. The molecule has 1 N–H and O–H groups in total. The van der Waals surface area contributed by atoms with E-state index in [-0.39, 0.29) is 23.4 Å². The van der Waals surface area contributed by atoms with E-state index in [0.29, 0.717) is 22.8 Å². The summed E-state index contributed by atoms with van der Waals surface area (Å²) in [5.74, 6) is 0.656. The maximum atomic E-state index is 13.3. The molecule has 0 bridgehead atoms. The van der Waals surface area contributed by atoms with E-state index in [1.807, 2.05) is 13.8 Å². The zero-order valence-corrected chi connectivity index (χ0v) is 14.4. The minimum atomic E-state index is -0.455. The first kappa shape index (κ1) is 16.8. The summed E-state index contributed by atoms with van der Waals surface area (Å²) in [6.07, 6.45) is 0. The van der Waals surface area contributed by atoms with Crippen LogP contribution in [0.1, 0.15) is 47.4 Å². The molecule has 25 heavy (non-hydrogen) atoms. The van der Waals surface area contributed by atoms with Crippen LogP contribution >= 0.6 is 0 Å². The van der Waals surface area contributed by atoms with Gasteiger partial charge in [-0.05, 0) is 37.6 Å². The van der Waals surface area contributed by atoms with Crippen molar-refractivity contribution in [3.05, 3.63) is 52.9 Å². The van der Waals surface area contributed by atoms with Gasteiger partial charge in [0.05, 0.1) is 5.69 Å². The van der Waals surface area contributed by atoms with Crippen molar-refractivity contribution in [1.82, 2.24) is 19.9 Å². The third-order valence-corrected chi connectivity index (χ3v) is 3.66. The average Bonchev–Trinajstić information content (AvgIpc) is 3.14. The van der Waals surface area contributed by atoms with Crippen molar-refractivity contribution in [3.8, 4) is 5.69 Å². The van der Waals surface area contributed by atoms with Crippen molar-refractivity contribution < 1.29 is 13.7 Å². The van der Waals surface area contributed by atoms with Crippen molar-refractivity contribution in [2.24, 2.45) is 0 Å². The van der Waals surface area contributed by atoms with Gasteiger partial charge < -0.3 is 4.52 Å². The summed E-state index contributed by atoms with van der Waals surface area (Å²) in [7, 11) is 0. The molecule has 0 spiro atoms. The zero-order chi connectivity index (χ0) is 18.1. The fraction of sp³-hybridized carbons (Fsp3) is 0.294. The molecule has 8 heteroatoms. The highest BCUT2D eigenvalue weighted by molar-refractivity contribution is 6.02. The standard InChI is InChI=1S/C17H18FN5O2/c1-9(2)15-8-13(22-25-15)16(24)20-17-19-11(4)21-23(17)14-6-5-12(18)7-10(14)3/h5-9H,1-4H3,(H,19,20,21,24). The van der Waals surface area contributed by atoms with Crippen LogP contribution in [-0.2, 0) is 0 Å². The summed E-state index contributed by atoms with van der Waals surface area (Å²) < 4.78 is 19.9. The number of hydrogen-bond acceptors (Lipinski definition) is 5. The number of rotatable bonds is 4. The highest BCUT2D eigenvalue weighted by Crippen LogP contribution is 2.20. The molecule has 7 nitrogen and oxygen atoms in total. The SMILES string of the molecule is Cc1nc(NC(=O)c2cc(C(C)C)on2)n(-c2ccc(F)cc2C)n1. The predicted molar refractivity (Wildman–Crippen MR) is 89.3 cm³/mol. The summed E-state index contributed by atoms with van der Waals surface area (Å²) in [6, 6.07) is 5.90. The Morgan fingerprint density at radius 3 is 2.68 bits per heavy atom. The highest BCUT2D eigenvalue weighted by Gasteiger charge is 2.19. The van der Waals surface area contributed by atoms with Crippen LogP contribution in [0.3, 0.4) is 0 Å². The molecule has 0 unspecified atom stereocenters. The van der Waals surface area contributed by atoms with Crippen LogP contribution < -0.4 is 5.32 Å². The second kappa shape index (κ2) is 6.46. The normalized spacial score (nSPS) is 11.1. The number of anilines is 1. The first-order valence-corrected chi connectivity index (χ1v) is 7.83. The van der Waals surface area contributed by atoms with E-state index < -0.39 is 5.91 Å². The molecule has 2 aromatic heterocycles. The van der Waals surface area contributed by atoms with Crippen LogP contribution in [0.2, 0.25) is 0 Å². The highest BCUT2D eigenvalue weighted by atomic mass is 19.1. The van der Waals surface area contributed by atoms with Gasteiger partial charge in [0, 0.05) is 12.0 Å². The molecule has 3 rings (SSSR count). The molecular weight excluding hydrogens is 325 g/mol. The number of nitrogens with zero attached hydrogens (tertiary/aromatic N) is 4. The van der Waals surface area contributed by atoms with Gasteiger partial charge in [-0.25, -0.2) is 4.39 Å². The Morgan fingerprint density at radius 2 is 2.04 bits per heavy atom. The van der Waals surface area contributed by atoms with E-state index in [0.717, 1.165) is 0 Å². The van der Waals surface area contributed by atoms with Crippen LogP contribution in [0, 0.1) is 19.7 Å². The van der Waals surface area contributed by atoms with Crippen molar-refractivity contribution in [1.29, 1.82) is 0 Å². The van der Waals surface area contributed by atoms with Crippen LogP contribution in [-0.4, -0.2) is 25.8 Å². The van der Waals surface area contributed by atoms with Gasteiger partial charge in [0.15, 0.2) is 5.69 Å². The summed E-state index contributed by atoms with van der Waals surface area (Å²) in [5, 5.41) is 10.7.